The van der Waals surface area contributed by atoms with Crippen LogP contribution in [0.25, 0.3) is 5.69 Å². The molecule has 4 aliphatic rings. The van der Waals surface area contributed by atoms with Crippen molar-refractivity contribution in [1.29, 1.82) is 0 Å². The number of halogens is 2. The van der Waals surface area contributed by atoms with Gasteiger partial charge in [0.25, 0.3) is 0 Å². The Bertz CT molecular complexity index is 918. The molecule has 7 heteroatoms. The van der Waals surface area contributed by atoms with Gasteiger partial charge in [-0.3, -0.25) is 4.79 Å². The molecule has 2 bridgehead atoms. The first-order valence-electron chi connectivity index (χ1n) is 9.88. The van der Waals surface area contributed by atoms with Crippen molar-refractivity contribution in [3.8, 4) is 5.69 Å². The van der Waals surface area contributed by atoms with Gasteiger partial charge in [-0.15, -0.1) is 0 Å². The lowest BCUT2D eigenvalue weighted by atomic mass is 9.33. The maximum Gasteiger partial charge on any atom is 0.159 e. The lowest BCUT2D eigenvalue weighted by Crippen LogP contribution is -2.65. The molecule has 5 nitrogen and oxygen atoms in total. The van der Waals surface area contributed by atoms with Crippen LogP contribution < -0.4 is 0 Å². The second kappa shape index (κ2) is 6.36. The zero-order valence-electron chi connectivity index (χ0n) is 15.8. The van der Waals surface area contributed by atoms with Crippen LogP contribution in [0.2, 0.25) is 5.02 Å². The molecule has 0 N–H and O–H groups in total. The first-order chi connectivity index (χ1) is 13.4. The number of aromatic nitrogens is 3. The maximum atomic E-state index is 13.7. The molecule has 0 spiro atoms. The summed E-state index contributed by atoms with van der Waals surface area (Å²) in [4.78, 5) is 13.7. The highest BCUT2D eigenvalue weighted by Crippen LogP contribution is 2.74. The largest absolute Gasteiger partial charge is 0.370 e. The van der Waals surface area contributed by atoms with E-state index in [1.165, 1.54) is 16.9 Å². The number of hydrogen-bond donors (Lipinski definition) is 0. The molecule has 1 heterocycles. The number of hydrogen-bond acceptors (Lipinski definition) is 4. The summed E-state index contributed by atoms with van der Waals surface area (Å²) >= 11 is 5.74. The van der Waals surface area contributed by atoms with Crippen molar-refractivity contribution in [3.63, 3.8) is 0 Å². The summed E-state index contributed by atoms with van der Waals surface area (Å²) in [6.45, 7) is 2.47. The summed E-state index contributed by atoms with van der Waals surface area (Å²) in [6.07, 6.45) is 7.72. The summed E-state index contributed by atoms with van der Waals surface area (Å²) in [5.74, 6) is 0.461. The van der Waals surface area contributed by atoms with E-state index in [2.05, 4.69) is 17.1 Å². The van der Waals surface area contributed by atoms with Gasteiger partial charge in [-0.1, -0.05) is 18.5 Å². The maximum absolute atomic E-state index is 13.7. The van der Waals surface area contributed by atoms with Gasteiger partial charge in [0, 0.05) is 17.9 Å². The van der Waals surface area contributed by atoms with Crippen molar-refractivity contribution in [2.75, 3.05) is 6.61 Å². The van der Waals surface area contributed by atoms with Gasteiger partial charge in [0.2, 0.25) is 0 Å². The Labute approximate surface area is 168 Å². The van der Waals surface area contributed by atoms with Crippen molar-refractivity contribution in [1.82, 2.24) is 15.0 Å². The zero-order valence-corrected chi connectivity index (χ0v) is 16.6. The molecule has 4 aliphatic carbocycles. The molecule has 0 atom stereocenters. The fraction of sp³-hybridized carbons (Fsp3) is 0.571. The van der Waals surface area contributed by atoms with Gasteiger partial charge in [0.15, 0.2) is 5.78 Å². The normalized spacial score (nSPS) is 33.0. The third-order valence-electron chi connectivity index (χ3n) is 6.69. The predicted molar refractivity (Wildman–Crippen MR) is 102 cm³/mol. The SMILES string of the molecule is CC1CC(OCC(=O)CC23CC(c4cnn(-c5ccc(Cl)c(F)c5)n4)(C2)C3)C1. The number of benzene rings is 1. The number of carbonyl (C=O) groups excluding carboxylic acids is 1. The Hall–Kier alpha value is -1.79. The molecule has 0 aliphatic heterocycles. The van der Waals surface area contributed by atoms with Crippen molar-refractivity contribution >= 4 is 17.4 Å². The highest BCUT2D eigenvalue weighted by Gasteiger charge is 2.69. The molecule has 1 aromatic carbocycles. The molecule has 0 radical (unpaired) electrons. The fourth-order valence-corrected chi connectivity index (χ4v) is 5.46. The molecule has 0 amide bonds. The highest BCUT2D eigenvalue weighted by atomic mass is 35.5. The summed E-state index contributed by atoms with van der Waals surface area (Å²) in [6, 6.07) is 4.53. The summed E-state index contributed by atoms with van der Waals surface area (Å²) in [5.41, 5.74) is 1.64. The molecule has 4 saturated carbocycles. The summed E-state index contributed by atoms with van der Waals surface area (Å²) < 4.78 is 19.4. The van der Waals surface area contributed by atoms with E-state index >= 15 is 0 Å². The second-order valence-corrected chi connectivity index (χ2v) is 9.56. The molecule has 2 aromatic rings. The van der Waals surface area contributed by atoms with E-state index in [1.807, 2.05) is 0 Å². The van der Waals surface area contributed by atoms with E-state index in [9.17, 15) is 9.18 Å². The molecule has 148 valence electrons. The Kier molecular flexibility index (Phi) is 4.14. The van der Waals surface area contributed by atoms with Crippen molar-refractivity contribution in [3.05, 3.63) is 40.9 Å². The van der Waals surface area contributed by atoms with Crippen LogP contribution in [0.3, 0.4) is 0 Å². The Balaban J connectivity index is 1.16. The minimum atomic E-state index is -0.487. The van der Waals surface area contributed by atoms with Crippen molar-refractivity contribution in [2.24, 2.45) is 11.3 Å². The van der Waals surface area contributed by atoms with Crippen LogP contribution in [0.5, 0.6) is 0 Å². The smallest absolute Gasteiger partial charge is 0.159 e. The first kappa shape index (κ1) is 18.3. The monoisotopic (exact) mass is 403 g/mol. The Morgan fingerprint density at radius 2 is 2.11 bits per heavy atom. The van der Waals surface area contributed by atoms with Crippen LogP contribution in [0.15, 0.2) is 24.4 Å². The van der Waals surface area contributed by atoms with E-state index in [0.717, 1.165) is 43.7 Å². The third-order valence-corrected chi connectivity index (χ3v) is 7.00. The minimum absolute atomic E-state index is 0.0355. The standard InChI is InChI=1S/C21H23ClFN3O2/c1-13-4-16(5-13)28-9-15(27)7-20-10-21(11-20,12-20)19-8-24-26(25-19)14-2-3-17(22)18(23)6-14/h2-3,6,8,13,16H,4-5,7,9-12H2,1H3. The number of Topliss-reactive ketones (excluding diaryl/α,β-unsaturated/α-hetero) is 1. The fourth-order valence-electron chi connectivity index (χ4n) is 5.34. The highest BCUT2D eigenvalue weighted by molar-refractivity contribution is 6.30. The van der Waals surface area contributed by atoms with E-state index < -0.39 is 5.82 Å². The van der Waals surface area contributed by atoms with E-state index in [1.54, 1.807) is 12.3 Å². The van der Waals surface area contributed by atoms with Crippen LogP contribution in [-0.4, -0.2) is 33.5 Å². The molecule has 1 aromatic heterocycles. The topological polar surface area (TPSA) is 57.0 Å². The van der Waals surface area contributed by atoms with E-state index in [0.29, 0.717) is 12.1 Å². The van der Waals surface area contributed by atoms with E-state index in [4.69, 9.17) is 16.3 Å². The average molecular weight is 404 g/mol. The number of carbonyl (C=O) groups is 1. The van der Waals surface area contributed by atoms with Gasteiger partial charge in [0.1, 0.15) is 12.4 Å². The van der Waals surface area contributed by atoms with Gasteiger partial charge in [-0.05, 0) is 55.6 Å². The number of nitrogens with zero attached hydrogens (tertiary/aromatic N) is 3. The number of rotatable bonds is 7. The van der Waals surface area contributed by atoms with Crippen LogP contribution in [0.4, 0.5) is 4.39 Å². The minimum Gasteiger partial charge on any atom is -0.370 e. The third kappa shape index (κ3) is 2.98. The van der Waals surface area contributed by atoms with Gasteiger partial charge < -0.3 is 4.74 Å². The first-order valence-corrected chi connectivity index (χ1v) is 10.3. The van der Waals surface area contributed by atoms with Crippen LogP contribution >= 0.6 is 11.6 Å². The quantitative estimate of drug-likeness (QED) is 0.693. The molecule has 4 fully saturated rings. The lowest BCUT2D eigenvalue weighted by Gasteiger charge is -2.70. The van der Waals surface area contributed by atoms with Gasteiger partial charge in [-0.25, -0.2) is 4.39 Å². The van der Waals surface area contributed by atoms with Gasteiger partial charge in [0.05, 0.1) is 28.7 Å². The second-order valence-electron chi connectivity index (χ2n) is 9.15. The van der Waals surface area contributed by atoms with Crippen molar-refractivity contribution in [2.45, 2.75) is 57.0 Å². The molecule has 0 saturated heterocycles. The molecule has 28 heavy (non-hydrogen) atoms. The molecule has 6 rings (SSSR count). The van der Waals surface area contributed by atoms with Crippen LogP contribution in [0, 0.1) is 17.2 Å². The number of ketones is 1. The predicted octanol–water partition coefficient (Wildman–Crippen LogP) is 4.26. The Morgan fingerprint density at radius 3 is 2.79 bits per heavy atom. The van der Waals surface area contributed by atoms with E-state index in [-0.39, 0.29) is 34.3 Å². The zero-order chi connectivity index (χ0) is 19.5. The molecular formula is C21H23ClFN3O2. The van der Waals surface area contributed by atoms with Gasteiger partial charge in [-0.2, -0.15) is 15.0 Å². The van der Waals surface area contributed by atoms with Crippen LogP contribution in [-0.2, 0) is 14.9 Å². The van der Waals surface area contributed by atoms with Crippen LogP contribution in [0.1, 0.15) is 51.1 Å². The summed E-state index contributed by atoms with van der Waals surface area (Å²) in [7, 11) is 0. The molecule has 0 unspecified atom stereocenters. The average Bonchev–Trinajstić information content (AvgIpc) is 3.05. The number of ether oxygens (including phenoxy) is 1. The summed E-state index contributed by atoms with van der Waals surface area (Å²) in [5, 5.41) is 8.94. The van der Waals surface area contributed by atoms with Crippen molar-refractivity contribution < 1.29 is 13.9 Å². The Morgan fingerprint density at radius 1 is 1.36 bits per heavy atom. The molecular weight excluding hydrogens is 381 g/mol. The van der Waals surface area contributed by atoms with Gasteiger partial charge >= 0.3 is 0 Å². The lowest BCUT2D eigenvalue weighted by molar-refractivity contribution is -0.164.